The summed E-state index contributed by atoms with van der Waals surface area (Å²) in [4.78, 5) is 5.73. The number of hydrogen-bond donors (Lipinski definition) is 4. The van der Waals surface area contributed by atoms with Gasteiger partial charge in [0.1, 0.15) is 0 Å². The molecule has 0 amide bonds. The molecule has 4 N–H and O–H groups in total. The second-order valence-corrected chi connectivity index (χ2v) is 6.76. The van der Waals surface area contributed by atoms with E-state index in [0.717, 1.165) is 19.3 Å². The van der Waals surface area contributed by atoms with Crippen molar-refractivity contribution in [3.63, 3.8) is 0 Å². The molecule has 3 unspecified atom stereocenters. The molecule has 0 aliphatic carbocycles. The molecule has 7 nitrogen and oxygen atoms in total. The minimum Gasteiger partial charge on any atom is -0.391 e. The lowest BCUT2D eigenvalue weighted by Crippen LogP contribution is -2.39. The zero-order chi connectivity index (χ0) is 22.7. The van der Waals surface area contributed by atoms with E-state index in [0.29, 0.717) is 33.0 Å². The van der Waals surface area contributed by atoms with Crippen molar-refractivity contribution in [1.82, 2.24) is 20.0 Å². The molecule has 0 rings (SSSR count). The molecule has 0 aliphatic heterocycles. The topological polar surface area (TPSA) is 82.4 Å². The molecule has 7 heteroatoms. The molecule has 0 aliphatic rings. The third kappa shape index (κ3) is 16.7. The second-order valence-electron chi connectivity index (χ2n) is 6.76. The Morgan fingerprint density at radius 2 is 1.03 bits per heavy atom. The molecule has 0 aromatic heterocycles. The van der Waals surface area contributed by atoms with Gasteiger partial charge in [0.2, 0.25) is 0 Å². The van der Waals surface area contributed by atoms with Crippen LogP contribution in [0.15, 0.2) is 51.1 Å². The highest BCUT2D eigenvalue weighted by molar-refractivity contribution is 4.79. The molecule has 3 atom stereocenters. The zero-order valence-corrected chi connectivity index (χ0v) is 18.7. The summed E-state index contributed by atoms with van der Waals surface area (Å²) in [5, 5.41) is 31.4. The molecule has 0 aromatic rings. The van der Waals surface area contributed by atoms with Crippen LogP contribution >= 0.6 is 0 Å². The maximum Gasteiger partial charge on any atom is 0.0894 e. The summed E-state index contributed by atoms with van der Waals surface area (Å²) >= 11 is 0. The normalized spacial score (nSPS) is 13.0. The van der Waals surface area contributed by atoms with Crippen molar-refractivity contribution < 1.29 is 15.3 Å². The van der Waals surface area contributed by atoms with Crippen molar-refractivity contribution in [3.05, 3.63) is 51.1 Å². The predicted octanol–water partition coefficient (Wildman–Crippen LogP) is 2.27. The molecule has 0 bridgehead atoms. The van der Waals surface area contributed by atoms with Crippen LogP contribution in [0.3, 0.4) is 0 Å². The van der Waals surface area contributed by atoms with Crippen LogP contribution in [0.1, 0.15) is 40.0 Å². The van der Waals surface area contributed by atoms with Gasteiger partial charge in [-0.25, -0.2) is 0 Å². The summed E-state index contributed by atoms with van der Waals surface area (Å²) in [7, 11) is 0. The molecule has 0 heterocycles. The lowest BCUT2D eigenvalue weighted by Gasteiger charge is -2.30. The van der Waals surface area contributed by atoms with Crippen LogP contribution in [0.2, 0.25) is 0 Å². The lowest BCUT2D eigenvalue weighted by atomic mass is 10.2. The van der Waals surface area contributed by atoms with Crippen molar-refractivity contribution >= 4 is 0 Å². The maximum atomic E-state index is 9.59. The molecular formula is C22H44N4O3. The van der Waals surface area contributed by atoms with Gasteiger partial charge in [0, 0.05) is 19.6 Å². The summed E-state index contributed by atoms with van der Waals surface area (Å²) in [5.74, 6) is 0. The number of nitrogens with zero attached hydrogens (tertiary/aromatic N) is 3. The second kappa shape index (κ2) is 19.4. The highest BCUT2D eigenvalue weighted by Gasteiger charge is 2.11. The third-order valence-corrected chi connectivity index (χ3v) is 4.33. The highest BCUT2D eigenvalue weighted by atomic mass is 16.3. The van der Waals surface area contributed by atoms with E-state index in [9.17, 15) is 15.3 Å². The number of hydrogen-bond acceptors (Lipinski definition) is 7. The van der Waals surface area contributed by atoms with Crippen molar-refractivity contribution in [3.8, 4) is 0 Å². The minimum absolute atomic E-state index is 0.283. The molecule has 0 aromatic carbocycles. The van der Waals surface area contributed by atoms with Gasteiger partial charge in [0.25, 0.3) is 0 Å². The highest BCUT2D eigenvalue weighted by Crippen LogP contribution is 2.03. The fraction of sp³-hybridized carbons (Fsp3) is 0.636. The Hall–Kier alpha value is -1.96. The van der Waals surface area contributed by atoms with E-state index >= 15 is 0 Å². The Morgan fingerprint density at radius 1 is 0.690 bits per heavy atom. The SMILES string of the molecule is C=CN(CC(O)CC)CN(C=C)CC(O)CC.C=CNCN(C=C)CC(O)CC. The van der Waals surface area contributed by atoms with Gasteiger partial charge in [-0.2, -0.15) is 0 Å². The average Bonchev–Trinajstić information content (AvgIpc) is 2.75. The van der Waals surface area contributed by atoms with E-state index < -0.39 is 0 Å². The first-order valence-corrected chi connectivity index (χ1v) is 10.3. The fourth-order valence-corrected chi connectivity index (χ4v) is 2.20. The van der Waals surface area contributed by atoms with Gasteiger partial charge in [-0.3, -0.25) is 0 Å². The quantitative estimate of drug-likeness (QED) is 0.273. The van der Waals surface area contributed by atoms with Gasteiger partial charge in [0.15, 0.2) is 0 Å². The molecule has 0 spiro atoms. The number of nitrogens with one attached hydrogen (secondary N) is 1. The fourth-order valence-electron chi connectivity index (χ4n) is 2.20. The molecule has 0 radical (unpaired) electrons. The van der Waals surface area contributed by atoms with Gasteiger partial charge in [0.05, 0.1) is 31.6 Å². The van der Waals surface area contributed by atoms with Gasteiger partial charge in [-0.15, -0.1) is 0 Å². The smallest absolute Gasteiger partial charge is 0.0894 e. The van der Waals surface area contributed by atoms with Crippen LogP contribution in [0, 0.1) is 0 Å². The zero-order valence-electron chi connectivity index (χ0n) is 18.7. The van der Waals surface area contributed by atoms with Crippen LogP contribution < -0.4 is 5.32 Å². The van der Waals surface area contributed by atoms with Gasteiger partial charge < -0.3 is 35.3 Å². The summed E-state index contributed by atoms with van der Waals surface area (Å²) in [6.45, 7) is 23.4. The van der Waals surface area contributed by atoms with Crippen LogP contribution in [0.5, 0.6) is 0 Å². The molecule has 0 saturated heterocycles. The van der Waals surface area contributed by atoms with Gasteiger partial charge in [-0.1, -0.05) is 47.1 Å². The Morgan fingerprint density at radius 3 is 1.31 bits per heavy atom. The molecule has 29 heavy (non-hydrogen) atoms. The Balaban J connectivity index is 0. The standard InChI is InChI=1S/C13H26N2O2.C9H18N2O/c1-5-12(16)9-14(7-3)11-15(8-4)10-13(17)6-2;1-4-9(12)7-11(6-3)8-10-5-2/h7-8,12-13,16-17H,3-6,9-11H2,1-2H3;5-6,9-10,12H,2-4,7-8H2,1H3. The van der Waals surface area contributed by atoms with Crippen molar-refractivity contribution in [2.75, 3.05) is 33.0 Å². The Bertz CT molecular complexity index is 412. The van der Waals surface area contributed by atoms with Gasteiger partial charge >= 0.3 is 0 Å². The van der Waals surface area contributed by atoms with Crippen LogP contribution in [-0.2, 0) is 0 Å². The van der Waals surface area contributed by atoms with E-state index in [2.05, 4.69) is 31.6 Å². The first-order valence-electron chi connectivity index (χ1n) is 10.3. The maximum absolute atomic E-state index is 9.59. The van der Waals surface area contributed by atoms with Gasteiger partial charge in [-0.05, 0) is 44.1 Å². The molecule has 0 fully saturated rings. The lowest BCUT2D eigenvalue weighted by molar-refractivity contribution is 0.0837. The summed E-state index contributed by atoms with van der Waals surface area (Å²) in [5.41, 5.74) is 0. The van der Waals surface area contributed by atoms with Crippen molar-refractivity contribution in [2.24, 2.45) is 0 Å². The average molecular weight is 413 g/mol. The van der Waals surface area contributed by atoms with Crippen molar-refractivity contribution in [1.29, 1.82) is 0 Å². The number of rotatable bonds is 17. The number of aliphatic hydroxyl groups excluding tert-OH is 3. The summed E-state index contributed by atoms with van der Waals surface area (Å²) < 4.78 is 0. The minimum atomic E-state index is -0.351. The van der Waals surface area contributed by atoms with E-state index in [1.807, 2.05) is 35.5 Å². The largest absolute Gasteiger partial charge is 0.391 e. The predicted molar refractivity (Wildman–Crippen MR) is 123 cm³/mol. The molecule has 170 valence electrons. The molecule has 0 saturated carbocycles. The summed E-state index contributed by atoms with van der Waals surface area (Å²) in [6.07, 6.45) is 7.94. The van der Waals surface area contributed by atoms with E-state index in [1.54, 1.807) is 24.8 Å². The first kappa shape index (κ1) is 29.2. The van der Waals surface area contributed by atoms with E-state index in [4.69, 9.17) is 0 Å². The molecular weight excluding hydrogens is 368 g/mol. The van der Waals surface area contributed by atoms with Crippen LogP contribution in [0.4, 0.5) is 0 Å². The Labute approximate surface area is 178 Å². The Kier molecular flexibility index (Phi) is 19.5. The van der Waals surface area contributed by atoms with Crippen molar-refractivity contribution in [2.45, 2.75) is 58.3 Å². The van der Waals surface area contributed by atoms with Crippen LogP contribution in [-0.4, -0.2) is 81.3 Å². The van der Waals surface area contributed by atoms with E-state index in [1.165, 1.54) is 0 Å². The first-order chi connectivity index (χ1) is 13.8. The summed E-state index contributed by atoms with van der Waals surface area (Å²) in [6, 6.07) is 0. The number of aliphatic hydroxyl groups is 3. The monoisotopic (exact) mass is 412 g/mol. The van der Waals surface area contributed by atoms with Crippen LogP contribution in [0.25, 0.3) is 0 Å². The van der Waals surface area contributed by atoms with E-state index in [-0.39, 0.29) is 18.3 Å². The third-order valence-electron chi connectivity index (χ3n) is 4.33.